The van der Waals surface area contributed by atoms with Gasteiger partial charge in [0.1, 0.15) is 0 Å². The summed E-state index contributed by atoms with van der Waals surface area (Å²) in [6, 6.07) is 19.3. The van der Waals surface area contributed by atoms with Gasteiger partial charge in [0.25, 0.3) is 0 Å². The number of nitrogens with zero attached hydrogens (tertiary/aromatic N) is 2. The fraction of sp³-hybridized carbons (Fsp3) is 0.278. The number of likely N-dealkylation sites (tertiary alicyclic amines) is 1. The van der Waals surface area contributed by atoms with E-state index < -0.39 is 0 Å². The van der Waals surface area contributed by atoms with E-state index in [4.69, 9.17) is 0 Å². The molecule has 0 saturated carbocycles. The third kappa shape index (κ3) is 2.83. The molecule has 1 aromatic heterocycles. The first-order valence-corrected chi connectivity index (χ1v) is 7.84. The molecule has 4 rings (SSSR count). The Morgan fingerprint density at radius 1 is 1.09 bits per heavy atom. The number of benzene rings is 2. The van der Waals surface area contributed by atoms with Gasteiger partial charge in [-0.15, -0.1) is 0 Å². The van der Waals surface area contributed by atoms with E-state index in [1.165, 1.54) is 5.56 Å². The van der Waals surface area contributed by atoms with E-state index in [9.17, 15) is 0 Å². The van der Waals surface area contributed by atoms with Crippen molar-refractivity contribution >= 4 is 17.0 Å². The number of H-pyrrole nitrogens is 1. The monoisotopic (exact) mass is 292 g/mol. The molecule has 1 aliphatic heterocycles. The van der Waals surface area contributed by atoms with Gasteiger partial charge >= 0.3 is 0 Å². The van der Waals surface area contributed by atoms with Crippen LogP contribution < -0.4 is 5.32 Å². The van der Waals surface area contributed by atoms with Crippen LogP contribution in [0.4, 0.5) is 5.95 Å². The lowest BCUT2D eigenvalue weighted by Crippen LogP contribution is -2.26. The average Bonchev–Trinajstić information content (AvgIpc) is 3.14. The zero-order valence-electron chi connectivity index (χ0n) is 12.5. The van der Waals surface area contributed by atoms with E-state index in [-0.39, 0.29) is 0 Å². The lowest BCUT2D eigenvalue weighted by Gasteiger charge is -2.16. The van der Waals surface area contributed by atoms with E-state index in [2.05, 4.69) is 56.6 Å². The zero-order chi connectivity index (χ0) is 14.8. The van der Waals surface area contributed by atoms with E-state index in [1.54, 1.807) is 0 Å². The number of hydrogen-bond acceptors (Lipinski definition) is 3. The molecule has 1 fully saturated rings. The number of rotatable bonds is 4. The summed E-state index contributed by atoms with van der Waals surface area (Å²) in [6.45, 7) is 3.22. The maximum atomic E-state index is 4.60. The molecule has 1 unspecified atom stereocenters. The molecule has 3 aromatic rings. The highest BCUT2D eigenvalue weighted by molar-refractivity contribution is 5.77. The number of aromatic amines is 1. The van der Waals surface area contributed by atoms with Crippen LogP contribution >= 0.6 is 0 Å². The van der Waals surface area contributed by atoms with Crippen LogP contribution in [0.5, 0.6) is 0 Å². The minimum Gasteiger partial charge on any atom is -0.352 e. The van der Waals surface area contributed by atoms with Crippen molar-refractivity contribution in [2.75, 3.05) is 18.4 Å². The van der Waals surface area contributed by atoms with Gasteiger partial charge in [0, 0.05) is 25.7 Å². The van der Waals surface area contributed by atoms with Gasteiger partial charge in [0.05, 0.1) is 11.0 Å². The Balaban J connectivity index is 1.38. The third-order valence-electron chi connectivity index (χ3n) is 4.25. The number of imidazole rings is 1. The molecule has 0 spiro atoms. The number of fused-ring (bicyclic) bond motifs is 1. The summed E-state index contributed by atoms with van der Waals surface area (Å²) in [5.74, 6) is 0.882. The van der Waals surface area contributed by atoms with Crippen molar-refractivity contribution in [3.63, 3.8) is 0 Å². The first kappa shape index (κ1) is 13.3. The van der Waals surface area contributed by atoms with E-state index in [0.29, 0.717) is 6.04 Å². The molecular weight excluding hydrogens is 272 g/mol. The second-order valence-electron chi connectivity index (χ2n) is 5.95. The molecule has 112 valence electrons. The van der Waals surface area contributed by atoms with Crippen molar-refractivity contribution in [3.8, 4) is 0 Å². The summed E-state index contributed by atoms with van der Waals surface area (Å²) < 4.78 is 0. The Morgan fingerprint density at radius 3 is 2.77 bits per heavy atom. The summed E-state index contributed by atoms with van der Waals surface area (Å²) in [5.41, 5.74) is 3.49. The van der Waals surface area contributed by atoms with Gasteiger partial charge in [-0.2, -0.15) is 0 Å². The van der Waals surface area contributed by atoms with Crippen molar-refractivity contribution in [2.24, 2.45) is 0 Å². The predicted molar refractivity (Wildman–Crippen MR) is 89.8 cm³/mol. The maximum absolute atomic E-state index is 4.60. The van der Waals surface area contributed by atoms with Crippen LogP contribution in [0.25, 0.3) is 11.0 Å². The van der Waals surface area contributed by atoms with Crippen molar-refractivity contribution < 1.29 is 0 Å². The lowest BCUT2D eigenvalue weighted by atomic mass is 10.2. The highest BCUT2D eigenvalue weighted by Gasteiger charge is 2.23. The van der Waals surface area contributed by atoms with Gasteiger partial charge in [0.15, 0.2) is 0 Å². The fourth-order valence-electron chi connectivity index (χ4n) is 3.15. The highest BCUT2D eigenvalue weighted by Crippen LogP contribution is 2.18. The van der Waals surface area contributed by atoms with Crippen LogP contribution in [0.1, 0.15) is 12.0 Å². The van der Waals surface area contributed by atoms with Crippen molar-refractivity contribution in [1.29, 1.82) is 0 Å². The molecule has 0 bridgehead atoms. The molecule has 0 radical (unpaired) electrons. The standard InChI is InChI=1S/C18H20N4/c1-2-6-14(7-3-1)12-22-11-10-15(13-22)19-18-20-16-8-4-5-9-17(16)21-18/h1-9,15H,10-13H2,(H2,19,20,21). The second kappa shape index (κ2) is 5.81. The molecular formula is C18H20N4. The molecule has 1 atom stereocenters. The van der Waals surface area contributed by atoms with Gasteiger partial charge in [-0.1, -0.05) is 42.5 Å². The number of para-hydroxylation sites is 2. The van der Waals surface area contributed by atoms with Gasteiger partial charge < -0.3 is 10.3 Å². The highest BCUT2D eigenvalue weighted by atomic mass is 15.2. The molecule has 1 aliphatic rings. The summed E-state index contributed by atoms with van der Waals surface area (Å²) in [5, 5.41) is 3.54. The molecule has 2 N–H and O–H groups in total. The largest absolute Gasteiger partial charge is 0.352 e. The first-order valence-electron chi connectivity index (χ1n) is 7.84. The average molecular weight is 292 g/mol. The number of aromatic nitrogens is 2. The van der Waals surface area contributed by atoms with E-state index >= 15 is 0 Å². The number of nitrogens with one attached hydrogen (secondary N) is 2. The van der Waals surface area contributed by atoms with Crippen molar-refractivity contribution in [3.05, 3.63) is 60.2 Å². The van der Waals surface area contributed by atoms with Crippen LogP contribution in [-0.2, 0) is 6.54 Å². The smallest absolute Gasteiger partial charge is 0.201 e. The Labute approximate surface area is 130 Å². The Morgan fingerprint density at radius 2 is 1.91 bits per heavy atom. The Hall–Kier alpha value is -2.33. The third-order valence-corrected chi connectivity index (χ3v) is 4.25. The van der Waals surface area contributed by atoms with Crippen LogP contribution in [-0.4, -0.2) is 34.0 Å². The molecule has 4 nitrogen and oxygen atoms in total. The molecule has 1 saturated heterocycles. The molecule has 0 aliphatic carbocycles. The van der Waals surface area contributed by atoms with E-state index in [0.717, 1.165) is 43.0 Å². The van der Waals surface area contributed by atoms with Gasteiger partial charge in [0.2, 0.25) is 5.95 Å². The van der Waals surface area contributed by atoms with E-state index in [1.807, 2.05) is 18.2 Å². The van der Waals surface area contributed by atoms with Crippen LogP contribution in [0.2, 0.25) is 0 Å². The summed E-state index contributed by atoms with van der Waals surface area (Å²) in [7, 11) is 0. The normalized spacial score (nSPS) is 18.8. The Kier molecular flexibility index (Phi) is 3.52. The first-order chi connectivity index (χ1) is 10.9. The fourth-order valence-corrected chi connectivity index (χ4v) is 3.15. The molecule has 22 heavy (non-hydrogen) atoms. The van der Waals surface area contributed by atoms with Gasteiger partial charge in [-0.05, 0) is 24.1 Å². The number of anilines is 1. The minimum atomic E-state index is 0.462. The molecule has 2 heterocycles. The molecule has 2 aromatic carbocycles. The van der Waals surface area contributed by atoms with Crippen LogP contribution in [0.15, 0.2) is 54.6 Å². The van der Waals surface area contributed by atoms with Crippen molar-refractivity contribution in [1.82, 2.24) is 14.9 Å². The van der Waals surface area contributed by atoms with Crippen LogP contribution in [0, 0.1) is 0 Å². The Bertz CT molecular complexity index is 717. The quantitative estimate of drug-likeness (QED) is 0.776. The maximum Gasteiger partial charge on any atom is 0.201 e. The molecule has 4 heteroatoms. The predicted octanol–water partition coefficient (Wildman–Crippen LogP) is 3.25. The summed E-state index contributed by atoms with van der Waals surface area (Å²) in [4.78, 5) is 10.4. The summed E-state index contributed by atoms with van der Waals surface area (Å²) in [6.07, 6.45) is 1.16. The zero-order valence-corrected chi connectivity index (χ0v) is 12.5. The van der Waals surface area contributed by atoms with Crippen LogP contribution in [0.3, 0.4) is 0 Å². The number of hydrogen-bond donors (Lipinski definition) is 2. The molecule has 0 amide bonds. The lowest BCUT2D eigenvalue weighted by molar-refractivity contribution is 0.328. The van der Waals surface area contributed by atoms with Crippen molar-refractivity contribution in [2.45, 2.75) is 19.0 Å². The van der Waals surface area contributed by atoms with Gasteiger partial charge in [-0.3, -0.25) is 4.90 Å². The summed E-state index contributed by atoms with van der Waals surface area (Å²) >= 11 is 0. The SMILES string of the molecule is c1ccc(CN2CCC(Nc3nc4ccccc4[nH]3)C2)cc1. The topological polar surface area (TPSA) is 44.0 Å². The van der Waals surface area contributed by atoms with Gasteiger partial charge in [-0.25, -0.2) is 4.98 Å². The minimum absolute atomic E-state index is 0.462. The second-order valence-corrected chi connectivity index (χ2v) is 5.95.